The minimum atomic E-state index is 0.985. The molecule has 0 aliphatic heterocycles. The number of aromatic nitrogens is 3. The molecule has 0 saturated carbocycles. The highest BCUT2D eigenvalue weighted by atomic mass is 15.1. The Balaban J connectivity index is 2.60. The minimum absolute atomic E-state index is 0.985. The van der Waals surface area contributed by atoms with Crippen molar-refractivity contribution in [2.75, 3.05) is 0 Å². The molecule has 3 heteroatoms. The van der Waals surface area contributed by atoms with Crippen molar-refractivity contribution >= 4 is 21.9 Å². The van der Waals surface area contributed by atoms with E-state index >= 15 is 0 Å². The van der Waals surface area contributed by atoms with Gasteiger partial charge >= 0.3 is 0 Å². The standard InChI is InChI=1S/C12H11N3/c1-8-14-12-10(15(8)2)6-5-9-4-3-7-13-11(9)12/h3-7H,1-2H3. The Morgan fingerprint density at radius 3 is 2.87 bits per heavy atom. The molecule has 0 fully saturated rings. The molecule has 0 unspecified atom stereocenters. The van der Waals surface area contributed by atoms with E-state index in [1.807, 2.05) is 26.2 Å². The topological polar surface area (TPSA) is 30.7 Å². The van der Waals surface area contributed by atoms with Crippen LogP contribution in [0.5, 0.6) is 0 Å². The average Bonchev–Trinajstić information content (AvgIpc) is 2.56. The van der Waals surface area contributed by atoms with Crippen LogP contribution in [-0.4, -0.2) is 14.5 Å². The van der Waals surface area contributed by atoms with Crippen molar-refractivity contribution in [3.63, 3.8) is 0 Å². The summed E-state index contributed by atoms with van der Waals surface area (Å²) >= 11 is 0. The van der Waals surface area contributed by atoms with Gasteiger partial charge in [0.1, 0.15) is 11.3 Å². The van der Waals surface area contributed by atoms with Gasteiger partial charge in [-0.1, -0.05) is 12.1 Å². The van der Waals surface area contributed by atoms with Crippen LogP contribution in [-0.2, 0) is 7.05 Å². The number of nitrogens with zero attached hydrogens (tertiary/aromatic N) is 3. The molecule has 0 saturated heterocycles. The van der Waals surface area contributed by atoms with Crippen molar-refractivity contribution in [3.8, 4) is 0 Å². The van der Waals surface area contributed by atoms with Gasteiger partial charge in [0.15, 0.2) is 0 Å². The van der Waals surface area contributed by atoms with Crippen LogP contribution in [0.2, 0.25) is 0 Å². The predicted octanol–water partition coefficient (Wildman–Crippen LogP) is 2.43. The van der Waals surface area contributed by atoms with Gasteiger partial charge in [0, 0.05) is 18.6 Å². The van der Waals surface area contributed by atoms with Crippen LogP contribution >= 0.6 is 0 Å². The Morgan fingerprint density at radius 1 is 1.13 bits per heavy atom. The molecular formula is C12H11N3. The highest BCUT2D eigenvalue weighted by molar-refractivity contribution is 6.01. The monoisotopic (exact) mass is 197 g/mol. The van der Waals surface area contributed by atoms with Crippen LogP contribution in [0.3, 0.4) is 0 Å². The summed E-state index contributed by atoms with van der Waals surface area (Å²) in [4.78, 5) is 8.93. The molecule has 3 nitrogen and oxygen atoms in total. The summed E-state index contributed by atoms with van der Waals surface area (Å²) in [6.07, 6.45) is 1.81. The van der Waals surface area contributed by atoms with Crippen LogP contribution in [0.4, 0.5) is 0 Å². The zero-order chi connectivity index (χ0) is 10.4. The number of rotatable bonds is 0. The highest BCUT2D eigenvalue weighted by Gasteiger charge is 2.07. The Labute approximate surface area is 87.4 Å². The fourth-order valence-corrected chi connectivity index (χ4v) is 1.91. The lowest BCUT2D eigenvalue weighted by Gasteiger charge is -1.98. The molecule has 0 bridgehead atoms. The molecule has 0 atom stereocenters. The second-order valence-corrected chi connectivity index (χ2v) is 3.73. The predicted molar refractivity (Wildman–Crippen MR) is 60.8 cm³/mol. The summed E-state index contributed by atoms with van der Waals surface area (Å²) in [6.45, 7) is 2.01. The van der Waals surface area contributed by atoms with Gasteiger partial charge in [-0.2, -0.15) is 0 Å². The Kier molecular flexibility index (Phi) is 1.57. The van der Waals surface area contributed by atoms with E-state index in [9.17, 15) is 0 Å². The van der Waals surface area contributed by atoms with Crippen molar-refractivity contribution in [3.05, 3.63) is 36.3 Å². The molecule has 2 aromatic heterocycles. The number of hydrogen-bond donors (Lipinski definition) is 0. The van der Waals surface area contributed by atoms with Crippen molar-refractivity contribution in [1.82, 2.24) is 14.5 Å². The third kappa shape index (κ3) is 1.06. The lowest BCUT2D eigenvalue weighted by molar-refractivity contribution is 0.886. The molecule has 0 spiro atoms. The summed E-state index contributed by atoms with van der Waals surface area (Å²) in [6, 6.07) is 8.20. The molecule has 3 aromatic rings. The van der Waals surface area contributed by atoms with E-state index < -0.39 is 0 Å². The van der Waals surface area contributed by atoms with Gasteiger partial charge in [-0.3, -0.25) is 4.98 Å². The van der Waals surface area contributed by atoms with E-state index in [4.69, 9.17) is 0 Å². The molecule has 1 aromatic carbocycles. The van der Waals surface area contributed by atoms with Crippen LogP contribution in [0.25, 0.3) is 21.9 Å². The van der Waals surface area contributed by atoms with Gasteiger partial charge in [-0.15, -0.1) is 0 Å². The second kappa shape index (κ2) is 2.79. The molecule has 74 valence electrons. The first-order chi connectivity index (χ1) is 7.27. The van der Waals surface area contributed by atoms with Crippen molar-refractivity contribution < 1.29 is 0 Å². The summed E-state index contributed by atoms with van der Waals surface area (Å²) < 4.78 is 2.09. The lowest BCUT2D eigenvalue weighted by atomic mass is 10.2. The van der Waals surface area contributed by atoms with E-state index in [2.05, 4.69) is 32.7 Å². The lowest BCUT2D eigenvalue weighted by Crippen LogP contribution is -1.89. The number of aryl methyl sites for hydroxylation is 2. The van der Waals surface area contributed by atoms with Crippen molar-refractivity contribution in [1.29, 1.82) is 0 Å². The molecule has 0 radical (unpaired) electrons. The Bertz CT molecular complexity index is 652. The van der Waals surface area contributed by atoms with Crippen LogP contribution in [0.1, 0.15) is 5.82 Å². The van der Waals surface area contributed by atoms with Crippen LogP contribution in [0, 0.1) is 6.92 Å². The third-order valence-electron chi connectivity index (χ3n) is 2.85. The number of hydrogen-bond acceptors (Lipinski definition) is 2. The van der Waals surface area contributed by atoms with Gasteiger partial charge < -0.3 is 4.57 Å². The normalized spacial score (nSPS) is 11.3. The number of benzene rings is 1. The van der Waals surface area contributed by atoms with Crippen LogP contribution < -0.4 is 0 Å². The second-order valence-electron chi connectivity index (χ2n) is 3.73. The quantitative estimate of drug-likeness (QED) is 0.554. The molecule has 15 heavy (non-hydrogen) atoms. The largest absolute Gasteiger partial charge is 0.331 e. The fourth-order valence-electron chi connectivity index (χ4n) is 1.91. The van der Waals surface area contributed by atoms with E-state index in [1.165, 1.54) is 0 Å². The molecule has 2 heterocycles. The number of imidazole rings is 1. The van der Waals surface area contributed by atoms with Crippen molar-refractivity contribution in [2.45, 2.75) is 6.92 Å². The first-order valence-electron chi connectivity index (χ1n) is 4.94. The first-order valence-corrected chi connectivity index (χ1v) is 4.94. The third-order valence-corrected chi connectivity index (χ3v) is 2.85. The van der Waals surface area contributed by atoms with Gasteiger partial charge in [0.25, 0.3) is 0 Å². The fraction of sp³-hybridized carbons (Fsp3) is 0.167. The summed E-state index contributed by atoms with van der Waals surface area (Å²) in [7, 11) is 2.03. The summed E-state index contributed by atoms with van der Waals surface area (Å²) in [5, 5.41) is 1.14. The molecule has 0 N–H and O–H groups in total. The zero-order valence-corrected chi connectivity index (χ0v) is 8.73. The molecule has 0 aliphatic rings. The maximum Gasteiger partial charge on any atom is 0.115 e. The van der Waals surface area contributed by atoms with E-state index in [0.29, 0.717) is 0 Å². The number of pyridine rings is 1. The van der Waals surface area contributed by atoms with Gasteiger partial charge in [0.2, 0.25) is 0 Å². The summed E-state index contributed by atoms with van der Waals surface area (Å²) in [5.74, 6) is 1.02. The first kappa shape index (κ1) is 8.41. The minimum Gasteiger partial charge on any atom is -0.331 e. The number of fused-ring (bicyclic) bond motifs is 3. The maximum absolute atomic E-state index is 4.54. The van der Waals surface area contributed by atoms with Gasteiger partial charge in [0.05, 0.1) is 11.0 Å². The molecular weight excluding hydrogens is 186 g/mol. The van der Waals surface area contributed by atoms with Crippen LogP contribution in [0.15, 0.2) is 30.5 Å². The van der Waals surface area contributed by atoms with Crippen molar-refractivity contribution in [2.24, 2.45) is 7.05 Å². The van der Waals surface area contributed by atoms with E-state index in [0.717, 1.165) is 27.8 Å². The molecule has 0 amide bonds. The molecule has 0 aliphatic carbocycles. The Hall–Kier alpha value is -1.90. The maximum atomic E-state index is 4.54. The summed E-state index contributed by atoms with van der Waals surface area (Å²) in [5.41, 5.74) is 3.12. The Morgan fingerprint density at radius 2 is 2.00 bits per heavy atom. The van der Waals surface area contributed by atoms with Gasteiger partial charge in [-0.05, 0) is 19.1 Å². The van der Waals surface area contributed by atoms with E-state index in [1.54, 1.807) is 0 Å². The molecule has 3 rings (SSSR count). The van der Waals surface area contributed by atoms with Gasteiger partial charge in [-0.25, -0.2) is 4.98 Å². The van der Waals surface area contributed by atoms with E-state index in [-0.39, 0.29) is 0 Å². The average molecular weight is 197 g/mol. The smallest absolute Gasteiger partial charge is 0.115 e. The SMILES string of the molecule is Cc1nc2c3ncccc3ccc2n1C. The zero-order valence-electron chi connectivity index (χ0n) is 8.73. The highest BCUT2D eigenvalue weighted by Crippen LogP contribution is 2.22.